The monoisotopic (exact) mass is 279 g/mol. The smallest absolute Gasteiger partial charge is 0.310 e. The van der Waals surface area contributed by atoms with Crippen LogP contribution in [-0.4, -0.2) is 36.5 Å². The lowest BCUT2D eigenvalue weighted by atomic mass is 9.86. The highest BCUT2D eigenvalue weighted by molar-refractivity contribution is 5.81. The van der Waals surface area contributed by atoms with E-state index in [-0.39, 0.29) is 17.8 Å². The molecule has 20 heavy (non-hydrogen) atoms. The van der Waals surface area contributed by atoms with Crippen LogP contribution in [0.15, 0.2) is 0 Å². The van der Waals surface area contributed by atoms with E-state index in [1.807, 2.05) is 11.8 Å². The first kappa shape index (κ1) is 13.9. The summed E-state index contributed by atoms with van der Waals surface area (Å²) in [5.41, 5.74) is 0. The molecule has 0 aromatic carbocycles. The lowest BCUT2D eigenvalue weighted by molar-refractivity contribution is -0.152. The number of likely N-dealkylation sites (tertiary alicyclic amines) is 1. The van der Waals surface area contributed by atoms with Gasteiger partial charge in [-0.2, -0.15) is 0 Å². The quantitative estimate of drug-likeness (QED) is 0.744. The molecule has 1 saturated heterocycles. The number of nitrogens with zero attached hydrogens (tertiary/aromatic N) is 1. The molecule has 0 unspecified atom stereocenters. The van der Waals surface area contributed by atoms with Gasteiger partial charge in [0, 0.05) is 19.0 Å². The van der Waals surface area contributed by atoms with E-state index >= 15 is 0 Å². The zero-order chi connectivity index (χ0) is 14.1. The molecular formula is C16H25NO3. The van der Waals surface area contributed by atoms with Crippen molar-refractivity contribution < 1.29 is 14.3 Å². The molecule has 1 heterocycles. The fourth-order valence-corrected chi connectivity index (χ4v) is 4.41. The third kappa shape index (κ3) is 2.57. The largest absolute Gasteiger partial charge is 0.466 e. The number of carbonyl (C=O) groups excluding carboxylic acids is 2. The summed E-state index contributed by atoms with van der Waals surface area (Å²) >= 11 is 0. The van der Waals surface area contributed by atoms with Crippen molar-refractivity contribution in [3.63, 3.8) is 0 Å². The molecule has 0 aromatic rings. The van der Waals surface area contributed by atoms with Crippen molar-refractivity contribution in [1.29, 1.82) is 0 Å². The van der Waals surface area contributed by atoms with Crippen LogP contribution in [0.3, 0.4) is 0 Å². The molecule has 3 rings (SSSR count). The second-order valence-corrected chi connectivity index (χ2v) is 6.66. The lowest BCUT2D eigenvalue weighted by Crippen LogP contribution is -2.46. The van der Waals surface area contributed by atoms with E-state index in [2.05, 4.69) is 0 Å². The summed E-state index contributed by atoms with van der Waals surface area (Å²) in [6.45, 7) is 3.66. The third-order valence-corrected chi connectivity index (χ3v) is 5.41. The van der Waals surface area contributed by atoms with Gasteiger partial charge in [-0.15, -0.1) is 0 Å². The summed E-state index contributed by atoms with van der Waals surface area (Å²) in [5.74, 6) is 1.74. The average Bonchev–Trinajstić information content (AvgIpc) is 3.09. The molecule has 0 spiro atoms. The van der Waals surface area contributed by atoms with Gasteiger partial charge in [0.2, 0.25) is 5.91 Å². The van der Waals surface area contributed by atoms with Crippen LogP contribution in [0.5, 0.6) is 0 Å². The minimum atomic E-state index is -0.127. The first-order valence-electron chi connectivity index (χ1n) is 8.14. The van der Waals surface area contributed by atoms with Gasteiger partial charge in [-0.25, -0.2) is 0 Å². The normalized spacial score (nSPS) is 36.1. The predicted molar refractivity (Wildman–Crippen MR) is 74.9 cm³/mol. The number of rotatable bonds is 3. The Bertz CT molecular complexity index is 395. The third-order valence-electron chi connectivity index (χ3n) is 5.41. The van der Waals surface area contributed by atoms with Crippen molar-refractivity contribution >= 4 is 11.9 Å². The maximum Gasteiger partial charge on any atom is 0.310 e. The standard InChI is InChI=1S/C16H25NO3/c1-2-20-16(19)13-4-3-7-17(10-13)15(18)14-9-11-5-6-12(14)8-11/h11-14H,2-10H2,1H3/t11-,12-,13-,14+/m0/s1. The number of carbonyl (C=O) groups is 2. The molecule has 4 nitrogen and oxygen atoms in total. The second kappa shape index (κ2) is 5.74. The van der Waals surface area contributed by atoms with E-state index in [0.29, 0.717) is 25.0 Å². The second-order valence-electron chi connectivity index (χ2n) is 6.66. The molecule has 4 atom stereocenters. The number of amides is 1. The van der Waals surface area contributed by atoms with Crippen LogP contribution in [0.25, 0.3) is 0 Å². The maximum atomic E-state index is 12.7. The van der Waals surface area contributed by atoms with E-state index in [1.165, 1.54) is 19.3 Å². The predicted octanol–water partition coefficient (Wildman–Crippen LogP) is 2.22. The van der Waals surface area contributed by atoms with E-state index < -0.39 is 0 Å². The summed E-state index contributed by atoms with van der Waals surface area (Å²) in [6.07, 6.45) is 6.68. The number of hydrogen-bond donors (Lipinski definition) is 0. The number of hydrogen-bond acceptors (Lipinski definition) is 3. The molecular weight excluding hydrogens is 254 g/mol. The first-order chi connectivity index (χ1) is 9.69. The van der Waals surface area contributed by atoms with Crippen molar-refractivity contribution in [2.45, 2.75) is 45.4 Å². The van der Waals surface area contributed by atoms with Crippen LogP contribution in [0.1, 0.15) is 45.4 Å². The number of piperidine rings is 1. The van der Waals surface area contributed by atoms with Crippen LogP contribution in [-0.2, 0) is 14.3 Å². The molecule has 2 saturated carbocycles. The Kier molecular flexibility index (Phi) is 3.99. The van der Waals surface area contributed by atoms with Crippen molar-refractivity contribution in [3.05, 3.63) is 0 Å². The van der Waals surface area contributed by atoms with Crippen LogP contribution in [0, 0.1) is 23.7 Å². The molecule has 0 N–H and O–H groups in total. The van der Waals surface area contributed by atoms with E-state index in [9.17, 15) is 9.59 Å². The molecule has 0 radical (unpaired) electrons. The Balaban J connectivity index is 1.59. The fourth-order valence-electron chi connectivity index (χ4n) is 4.41. The molecule has 3 aliphatic rings. The highest BCUT2D eigenvalue weighted by atomic mass is 16.5. The van der Waals surface area contributed by atoms with Gasteiger partial charge in [-0.05, 0) is 50.9 Å². The van der Waals surface area contributed by atoms with Crippen molar-refractivity contribution in [3.8, 4) is 0 Å². The van der Waals surface area contributed by atoms with Gasteiger partial charge in [0.1, 0.15) is 0 Å². The van der Waals surface area contributed by atoms with Crippen LogP contribution >= 0.6 is 0 Å². The molecule has 2 aliphatic carbocycles. The van der Waals surface area contributed by atoms with E-state index in [1.54, 1.807) is 0 Å². The number of ether oxygens (including phenoxy) is 1. The summed E-state index contributed by atoms with van der Waals surface area (Å²) in [6, 6.07) is 0. The summed E-state index contributed by atoms with van der Waals surface area (Å²) in [7, 11) is 0. The molecule has 112 valence electrons. The van der Waals surface area contributed by atoms with Gasteiger partial charge in [0.15, 0.2) is 0 Å². The van der Waals surface area contributed by atoms with Crippen LogP contribution in [0.4, 0.5) is 0 Å². The van der Waals surface area contributed by atoms with Gasteiger partial charge >= 0.3 is 5.97 Å². The molecule has 2 bridgehead atoms. The molecule has 3 fully saturated rings. The Morgan fingerprint density at radius 2 is 2.05 bits per heavy atom. The Morgan fingerprint density at radius 1 is 1.20 bits per heavy atom. The molecule has 1 amide bonds. The fraction of sp³-hybridized carbons (Fsp3) is 0.875. The summed E-state index contributed by atoms with van der Waals surface area (Å²) in [5, 5.41) is 0. The SMILES string of the molecule is CCOC(=O)[C@H]1CCCN(C(=O)[C@@H]2C[C@H]3CC[C@H]2C3)C1. The van der Waals surface area contributed by atoms with Gasteiger partial charge in [0.25, 0.3) is 0 Å². The Hall–Kier alpha value is -1.06. The zero-order valence-electron chi connectivity index (χ0n) is 12.3. The average molecular weight is 279 g/mol. The van der Waals surface area contributed by atoms with Crippen LogP contribution in [0.2, 0.25) is 0 Å². The topological polar surface area (TPSA) is 46.6 Å². The maximum absolute atomic E-state index is 12.7. The number of esters is 1. The van der Waals surface area contributed by atoms with Gasteiger partial charge < -0.3 is 9.64 Å². The highest BCUT2D eigenvalue weighted by Crippen LogP contribution is 2.49. The van der Waals surface area contributed by atoms with Gasteiger partial charge in [-0.3, -0.25) is 9.59 Å². The van der Waals surface area contributed by atoms with Gasteiger partial charge in [0.05, 0.1) is 12.5 Å². The minimum absolute atomic E-state index is 0.105. The lowest BCUT2D eigenvalue weighted by Gasteiger charge is -2.35. The summed E-state index contributed by atoms with van der Waals surface area (Å²) < 4.78 is 5.11. The minimum Gasteiger partial charge on any atom is -0.466 e. The van der Waals surface area contributed by atoms with Gasteiger partial charge in [-0.1, -0.05) is 6.42 Å². The Labute approximate surface area is 120 Å². The van der Waals surface area contributed by atoms with Crippen LogP contribution < -0.4 is 0 Å². The van der Waals surface area contributed by atoms with E-state index in [0.717, 1.165) is 31.7 Å². The van der Waals surface area contributed by atoms with Crippen molar-refractivity contribution in [2.24, 2.45) is 23.7 Å². The molecule has 0 aromatic heterocycles. The first-order valence-corrected chi connectivity index (χ1v) is 8.14. The summed E-state index contributed by atoms with van der Waals surface area (Å²) in [4.78, 5) is 26.5. The van der Waals surface area contributed by atoms with Crippen molar-refractivity contribution in [2.75, 3.05) is 19.7 Å². The number of fused-ring (bicyclic) bond motifs is 2. The molecule has 4 heteroatoms. The van der Waals surface area contributed by atoms with E-state index in [4.69, 9.17) is 4.74 Å². The van der Waals surface area contributed by atoms with Crippen molar-refractivity contribution in [1.82, 2.24) is 4.90 Å². The highest BCUT2D eigenvalue weighted by Gasteiger charge is 2.45. The molecule has 1 aliphatic heterocycles. The Morgan fingerprint density at radius 3 is 2.70 bits per heavy atom. The zero-order valence-corrected chi connectivity index (χ0v) is 12.3.